The molecule has 0 aliphatic carbocycles. The first-order chi connectivity index (χ1) is 17.5. The third kappa shape index (κ3) is 5.79. The summed E-state index contributed by atoms with van der Waals surface area (Å²) in [4.78, 5) is 17.4. The number of methoxy groups -OCH3 is 2. The topological polar surface area (TPSA) is 74.6 Å². The summed E-state index contributed by atoms with van der Waals surface area (Å²) >= 11 is 0. The molecule has 1 aromatic heterocycles. The fourth-order valence-corrected chi connectivity index (χ4v) is 4.38. The molecule has 1 N–H and O–H groups in total. The molecule has 1 heterocycles. The van der Waals surface area contributed by atoms with Crippen molar-refractivity contribution in [1.82, 2.24) is 14.9 Å². The van der Waals surface area contributed by atoms with E-state index in [4.69, 9.17) is 19.2 Å². The molecule has 0 bridgehead atoms. The van der Waals surface area contributed by atoms with Crippen molar-refractivity contribution in [2.75, 3.05) is 27.4 Å². The summed E-state index contributed by atoms with van der Waals surface area (Å²) < 4.78 is 18.9. The number of para-hydroxylation sites is 3. The molecule has 0 aliphatic rings. The molecule has 0 saturated heterocycles. The second-order valence-electron chi connectivity index (χ2n) is 8.70. The molecule has 188 valence electrons. The van der Waals surface area contributed by atoms with Crippen LogP contribution in [0.1, 0.15) is 22.5 Å². The van der Waals surface area contributed by atoms with Crippen molar-refractivity contribution in [3.05, 3.63) is 83.2 Å². The quantitative estimate of drug-likeness (QED) is 0.333. The van der Waals surface area contributed by atoms with Crippen molar-refractivity contribution < 1.29 is 19.0 Å². The van der Waals surface area contributed by atoms with Crippen LogP contribution in [0, 0.1) is 13.8 Å². The fraction of sp³-hybridized carbons (Fsp3) is 0.310. The standard InChI is InChI=1S/C29H33N3O4/c1-20-8-7-9-21(2)29(20)36-17-16-32-24-11-6-5-10-23(24)31-27(32)14-15-30-28(33)19-22-12-13-25(34-3)26(18-22)35-4/h5-13,18H,14-17,19H2,1-4H3,(H,30,33). The maximum Gasteiger partial charge on any atom is 0.224 e. The number of carbonyl (C=O) groups excluding carboxylic acids is 1. The van der Waals surface area contributed by atoms with Crippen LogP contribution in [0.2, 0.25) is 0 Å². The van der Waals surface area contributed by atoms with Crippen molar-refractivity contribution in [2.24, 2.45) is 0 Å². The second-order valence-corrected chi connectivity index (χ2v) is 8.70. The Morgan fingerprint density at radius 3 is 2.44 bits per heavy atom. The lowest BCUT2D eigenvalue weighted by Crippen LogP contribution is -2.28. The Kier molecular flexibility index (Phi) is 8.10. The van der Waals surface area contributed by atoms with Crippen molar-refractivity contribution >= 4 is 16.9 Å². The number of hydrogen-bond donors (Lipinski definition) is 1. The number of aryl methyl sites for hydroxylation is 2. The van der Waals surface area contributed by atoms with Crippen LogP contribution in [-0.4, -0.2) is 42.8 Å². The van der Waals surface area contributed by atoms with Crippen LogP contribution in [0.5, 0.6) is 17.2 Å². The highest BCUT2D eigenvalue weighted by Gasteiger charge is 2.13. The molecule has 0 saturated carbocycles. The molecule has 0 fully saturated rings. The molecular weight excluding hydrogens is 454 g/mol. The van der Waals surface area contributed by atoms with Crippen molar-refractivity contribution in [3.63, 3.8) is 0 Å². The van der Waals surface area contributed by atoms with Gasteiger partial charge in [-0.15, -0.1) is 0 Å². The molecular formula is C29H33N3O4. The van der Waals surface area contributed by atoms with E-state index < -0.39 is 0 Å². The molecule has 0 atom stereocenters. The first-order valence-corrected chi connectivity index (χ1v) is 12.1. The Bertz CT molecular complexity index is 1330. The van der Waals surface area contributed by atoms with Crippen molar-refractivity contribution in [2.45, 2.75) is 33.2 Å². The van der Waals surface area contributed by atoms with E-state index in [9.17, 15) is 4.79 Å². The van der Waals surface area contributed by atoms with Crippen LogP contribution in [0.25, 0.3) is 11.0 Å². The number of ether oxygens (including phenoxy) is 3. The average molecular weight is 488 g/mol. The Morgan fingerprint density at radius 1 is 0.944 bits per heavy atom. The van der Waals surface area contributed by atoms with E-state index >= 15 is 0 Å². The molecule has 3 aromatic carbocycles. The first kappa shape index (κ1) is 25.1. The predicted octanol–water partition coefficient (Wildman–Crippen LogP) is 4.65. The van der Waals surface area contributed by atoms with Crippen molar-refractivity contribution in [1.29, 1.82) is 0 Å². The molecule has 4 rings (SSSR count). The van der Waals surface area contributed by atoms with Crippen LogP contribution in [0.3, 0.4) is 0 Å². The van der Waals surface area contributed by atoms with Gasteiger partial charge in [-0.3, -0.25) is 4.79 Å². The molecule has 4 aromatic rings. The summed E-state index contributed by atoms with van der Waals surface area (Å²) in [5, 5.41) is 3.02. The number of fused-ring (bicyclic) bond motifs is 1. The van der Waals surface area contributed by atoms with Gasteiger partial charge in [-0.25, -0.2) is 4.98 Å². The summed E-state index contributed by atoms with van der Waals surface area (Å²) in [6.45, 7) is 5.82. The van der Waals surface area contributed by atoms with Gasteiger partial charge >= 0.3 is 0 Å². The minimum atomic E-state index is -0.0526. The maximum atomic E-state index is 12.6. The van der Waals surface area contributed by atoms with Crippen LogP contribution in [0.15, 0.2) is 60.7 Å². The zero-order valence-corrected chi connectivity index (χ0v) is 21.3. The summed E-state index contributed by atoms with van der Waals surface area (Å²) in [5.74, 6) is 3.06. The second kappa shape index (κ2) is 11.6. The van der Waals surface area contributed by atoms with E-state index in [1.165, 1.54) is 0 Å². The SMILES string of the molecule is COc1ccc(CC(=O)NCCc2nc3ccccc3n2CCOc2c(C)cccc2C)cc1OC. The number of nitrogens with zero attached hydrogens (tertiary/aromatic N) is 2. The van der Waals surface area contributed by atoms with Gasteiger partial charge in [0.2, 0.25) is 5.91 Å². The van der Waals surface area contributed by atoms with Gasteiger partial charge in [0.15, 0.2) is 11.5 Å². The molecule has 0 unspecified atom stereocenters. The Hall–Kier alpha value is -4.00. The van der Waals surface area contributed by atoms with Gasteiger partial charge in [-0.05, 0) is 54.8 Å². The molecule has 7 heteroatoms. The largest absolute Gasteiger partial charge is 0.493 e. The molecule has 0 aliphatic heterocycles. The number of nitrogens with one attached hydrogen (secondary N) is 1. The zero-order valence-electron chi connectivity index (χ0n) is 21.3. The highest BCUT2D eigenvalue weighted by Crippen LogP contribution is 2.27. The lowest BCUT2D eigenvalue weighted by atomic mass is 10.1. The van der Waals surface area contributed by atoms with Crippen LogP contribution < -0.4 is 19.5 Å². The van der Waals surface area contributed by atoms with Crippen LogP contribution in [0.4, 0.5) is 0 Å². The number of carbonyl (C=O) groups is 1. The van der Waals surface area contributed by atoms with Crippen molar-refractivity contribution in [3.8, 4) is 17.2 Å². The lowest BCUT2D eigenvalue weighted by Gasteiger charge is -2.14. The minimum Gasteiger partial charge on any atom is -0.493 e. The molecule has 1 amide bonds. The Morgan fingerprint density at radius 2 is 1.69 bits per heavy atom. The van der Waals surface area contributed by atoms with Gasteiger partial charge in [0.05, 0.1) is 38.2 Å². The molecule has 36 heavy (non-hydrogen) atoms. The van der Waals surface area contributed by atoms with E-state index in [0.717, 1.165) is 39.3 Å². The van der Waals surface area contributed by atoms with Gasteiger partial charge in [0.1, 0.15) is 18.2 Å². The third-order valence-corrected chi connectivity index (χ3v) is 6.19. The molecule has 0 spiro atoms. The predicted molar refractivity (Wildman–Crippen MR) is 141 cm³/mol. The van der Waals surface area contributed by atoms with E-state index in [1.807, 2.05) is 42.5 Å². The molecule has 7 nitrogen and oxygen atoms in total. The Balaban J connectivity index is 1.38. The van der Waals surface area contributed by atoms with Gasteiger partial charge in [0, 0.05) is 13.0 Å². The zero-order chi connectivity index (χ0) is 25.5. The number of rotatable bonds is 11. The van der Waals surface area contributed by atoms with E-state index in [0.29, 0.717) is 37.6 Å². The number of aromatic nitrogens is 2. The number of imidazole rings is 1. The highest BCUT2D eigenvalue weighted by atomic mass is 16.5. The highest BCUT2D eigenvalue weighted by molar-refractivity contribution is 5.79. The fourth-order valence-electron chi connectivity index (χ4n) is 4.38. The number of amides is 1. The van der Waals surface area contributed by atoms with Gasteiger partial charge in [-0.2, -0.15) is 0 Å². The smallest absolute Gasteiger partial charge is 0.224 e. The Labute approximate surface area is 212 Å². The lowest BCUT2D eigenvalue weighted by molar-refractivity contribution is -0.120. The van der Waals surface area contributed by atoms with E-state index in [-0.39, 0.29) is 12.3 Å². The summed E-state index contributed by atoms with van der Waals surface area (Å²) in [5.41, 5.74) is 5.12. The van der Waals surface area contributed by atoms with Gasteiger partial charge < -0.3 is 24.1 Å². The number of benzene rings is 3. The van der Waals surface area contributed by atoms with Gasteiger partial charge in [0.25, 0.3) is 0 Å². The average Bonchev–Trinajstić information content (AvgIpc) is 3.23. The van der Waals surface area contributed by atoms with Crippen LogP contribution >= 0.6 is 0 Å². The summed E-state index contributed by atoms with van der Waals surface area (Å²) in [6, 6.07) is 19.8. The summed E-state index contributed by atoms with van der Waals surface area (Å²) in [6.07, 6.45) is 0.885. The summed E-state index contributed by atoms with van der Waals surface area (Å²) in [7, 11) is 3.18. The minimum absolute atomic E-state index is 0.0526. The maximum absolute atomic E-state index is 12.6. The molecule has 0 radical (unpaired) electrons. The van der Waals surface area contributed by atoms with Gasteiger partial charge in [-0.1, -0.05) is 36.4 Å². The number of hydrogen-bond acceptors (Lipinski definition) is 5. The van der Waals surface area contributed by atoms with E-state index in [1.54, 1.807) is 14.2 Å². The van der Waals surface area contributed by atoms with E-state index in [2.05, 4.69) is 41.9 Å². The first-order valence-electron chi connectivity index (χ1n) is 12.1. The third-order valence-electron chi connectivity index (χ3n) is 6.19. The normalized spacial score (nSPS) is 10.9. The van der Waals surface area contributed by atoms with Crippen LogP contribution in [-0.2, 0) is 24.2 Å². The monoisotopic (exact) mass is 487 g/mol.